The van der Waals surface area contributed by atoms with Gasteiger partial charge in [0.1, 0.15) is 6.54 Å². The minimum Gasteiger partial charge on any atom is -0.480 e. The highest BCUT2D eigenvalue weighted by Gasteiger charge is 2.15. The molecule has 6 nitrogen and oxygen atoms in total. The Morgan fingerprint density at radius 2 is 1.72 bits per heavy atom. The molecule has 0 aromatic rings. The summed E-state index contributed by atoms with van der Waals surface area (Å²) in [6.45, 7) is 9.48. The number of likely N-dealkylation sites (N-methyl/N-ethyl adjacent to an activating group) is 1. The predicted molar refractivity (Wildman–Crippen MR) is 70.7 cm³/mol. The average molecular weight is 259 g/mol. The molecule has 18 heavy (non-hydrogen) atoms. The Morgan fingerprint density at radius 3 is 2.17 bits per heavy atom. The van der Waals surface area contributed by atoms with Crippen molar-refractivity contribution in [1.29, 1.82) is 0 Å². The van der Waals surface area contributed by atoms with Crippen molar-refractivity contribution in [3.8, 4) is 0 Å². The summed E-state index contributed by atoms with van der Waals surface area (Å²) in [5.74, 6) is -0.984. The Labute approximate surface area is 109 Å². The number of carboxylic acids is 1. The minimum atomic E-state index is -0.984. The number of hydrogen-bond acceptors (Lipinski definition) is 3. The highest BCUT2D eigenvalue weighted by atomic mass is 16.4. The number of carboxylic acid groups (broad SMARTS) is 1. The molecule has 0 bridgehead atoms. The summed E-state index contributed by atoms with van der Waals surface area (Å²) in [5, 5.41) is 11.5. The monoisotopic (exact) mass is 259 g/mol. The molecule has 0 fully saturated rings. The number of nitrogens with zero attached hydrogens (tertiary/aromatic N) is 2. The molecule has 0 aliphatic rings. The van der Waals surface area contributed by atoms with Gasteiger partial charge in [0.15, 0.2) is 0 Å². The van der Waals surface area contributed by atoms with Crippen LogP contribution in [0.1, 0.15) is 27.2 Å². The smallest absolute Gasteiger partial charge is 0.323 e. The molecule has 0 saturated heterocycles. The van der Waals surface area contributed by atoms with Gasteiger partial charge in [0, 0.05) is 19.6 Å². The van der Waals surface area contributed by atoms with Gasteiger partial charge in [-0.25, -0.2) is 4.79 Å². The lowest BCUT2D eigenvalue weighted by Gasteiger charge is -2.22. The van der Waals surface area contributed by atoms with Gasteiger partial charge in [-0.15, -0.1) is 0 Å². The molecule has 106 valence electrons. The van der Waals surface area contributed by atoms with Crippen LogP contribution in [0.25, 0.3) is 0 Å². The van der Waals surface area contributed by atoms with Crippen LogP contribution in [0.2, 0.25) is 0 Å². The van der Waals surface area contributed by atoms with E-state index in [0.717, 1.165) is 26.1 Å². The average Bonchev–Trinajstić information content (AvgIpc) is 2.33. The van der Waals surface area contributed by atoms with Crippen molar-refractivity contribution in [2.75, 3.05) is 39.3 Å². The zero-order valence-electron chi connectivity index (χ0n) is 11.6. The molecule has 0 radical (unpaired) electrons. The molecule has 0 rings (SSSR count). The number of rotatable bonds is 9. The maximum absolute atomic E-state index is 11.8. The van der Waals surface area contributed by atoms with E-state index in [1.807, 2.05) is 6.92 Å². The molecule has 0 spiro atoms. The van der Waals surface area contributed by atoms with Gasteiger partial charge in [0.25, 0.3) is 0 Å². The van der Waals surface area contributed by atoms with E-state index in [0.29, 0.717) is 13.1 Å². The van der Waals surface area contributed by atoms with Crippen LogP contribution in [0, 0.1) is 0 Å². The molecule has 0 saturated carbocycles. The van der Waals surface area contributed by atoms with E-state index in [9.17, 15) is 9.59 Å². The van der Waals surface area contributed by atoms with E-state index in [4.69, 9.17) is 5.11 Å². The fourth-order valence-corrected chi connectivity index (χ4v) is 1.66. The summed E-state index contributed by atoms with van der Waals surface area (Å²) in [4.78, 5) is 25.9. The third-order valence-corrected chi connectivity index (χ3v) is 2.71. The first kappa shape index (κ1) is 16.7. The normalized spacial score (nSPS) is 10.4. The molecule has 0 aliphatic heterocycles. The number of urea groups is 1. The van der Waals surface area contributed by atoms with Gasteiger partial charge in [-0.1, -0.05) is 20.8 Å². The van der Waals surface area contributed by atoms with Gasteiger partial charge in [-0.2, -0.15) is 0 Å². The van der Waals surface area contributed by atoms with Crippen molar-refractivity contribution >= 4 is 12.0 Å². The number of aliphatic carboxylic acids is 1. The van der Waals surface area contributed by atoms with Crippen LogP contribution in [0.3, 0.4) is 0 Å². The fourth-order valence-electron chi connectivity index (χ4n) is 1.66. The lowest BCUT2D eigenvalue weighted by atomic mass is 10.4. The Kier molecular flexibility index (Phi) is 9.00. The maximum atomic E-state index is 11.8. The summed E-state index contributed by atoms with van der Waals surface area (Å²) < 4.78 is 0. The van der Waals surface area contributed by atoms with Gasteiger partial charge in [-0.05, 0) is 19.5 Å². The SMILES string of the molecule is CCCN(CC(=O)O)C(=O)NCCN(CC)CC. The second-order valence-electron chi connectivity index (χ2n) is 4.07. The van der Waals surface area contributed by atoms with E-state index in [2.05, 4.69) is 24.1 Å². The molecular formula is C12H25N3O3. The second-order valence-corrected chi connectivity index (χ2v) is 4.07. The third-order valence-electron chi connectivity index (χ3n) is 2.71. The van der Waals surface area contributed by atoms with Crippen molar-refractivity contribution in [2.24, 2.45) is 0 Å². The Bertz CT molecular complexity index is 255. The van der Waals surface area contributed by atoms with Gasteiger partial charge in [0.2, 0.25) is 0 Å². The number of carbonyl (C=O) groups excluding carboxylic acids is 1. The molecule has 0 aromatic carbocycles. The summed E-state index contributed by atoms with van der Waals surface area (Å²) in [6, 6.07) is -0.300. The molecule has 0 atom stereocenters. The Morgan fingerprint density at radius 1 is 1.11 bits per heavy atom. The molecule has 6 heteroatoms. The molecule has 0 aliphatic carbocycles. The van der Waals surface area contributed by atoms with E-state index >= 15 is 0 Å². The quantitative estimate of drug-likeness (QED) is 0.643. The summed E-state index contributed by atoms with van der Waals surface area (Å²) >= 11 is 0. The lowest BCUT2D eigenvalue weighted by molar-refractivity contribution is -0.137. The molecular weight excluding hydrogens is 234 g/mol. The number of carbonyl (C=O) groups is 2. The number of nitrogens with one attached hydrogen (secondary N) is 1. The molecule has 2 N–H and O–H groups in total. The van der Waals surface area contributed by atoms with Gasteiger partial charge >= 0.3 is 12.0 Å². The van der Waals surface area contributed by atoms with E-state index in [-0.39, 0.29) is 12.6 Å². The standard InChI is InChI=1S/C12H25N3O3/c1-4-8-15(10-11(16)17)12(18)13-7-9-14(5-2)6-3/h4-10H2,1-3H3,(H,13,18)(H,16,17). The van der Waals surface area contributed by atoms with Crippen molar-refractivity contribution in [2.45, 2.75) is 27.2 Å². The zero-order valence-corrected chi connectivity index (χ0v) is 11.6. The van der Waals surface area contributed by atoms with Gasteiger partial charge in [0.05, 0.1) is 0 Å². The first-order valence-electron chi connectivity index (χ1n) is 6.52. The lowest BCUT2D eigenvalue weighted by Crippen LogP contribution is -2.45. The van der Waals surface area contributed by atoms with Crippen LogP contribution in [0.15, 0.2) is 0 Å². The molecule has 0 aromatic heterocycles. The summed E-state index contributed by atoms with van der Waals surface area (Å²) in [6.07, 6.45) is 0.747. The Hall–Kier alpha value is -1.30. The first-order valence-corrected chi connectivity index (χ1v) is 6.52. The highest BCUT2D eigenvalue weighted by molar-refractivity contribution is 5.80. The summed E-state index contributed by atoms with van der Waals surface area (Å²) in [5.41, 5.74) is 0. The van der Waals surface area contributed by atoms with Crippen LogP contribution in [0.5, 0.6) is 0 Å². The van der Waals surface area contributed by atoms with Crippen molar-refractivity contribution < 1.29 is 14.7 Å². The Balaban J connectivity index is 4.05. The van der Waals surface area contributed by atoms with Gasteiger partial charge < -0.3 is 20.2 Å². The van der Waals surface area contributed by atoms with Gasteiger partial charge in [-0.3, -0.25) is 4.79 Å². The van der Waals surface area contributed by atoms with Crippen molar-refractivity contribution in [1.82, 2.24) is 15.1 Å². The zero-order chi connectivity index (χ0) is 14.0. The largest absolute Gasteiger partial charge is 0.480 e. The van der Waals surface area contributed by atoms with Crippen LogP contribution in [0.4, 0.5) is 4.79 Å². The van der Waals surface area contributed by atoms with Crippen LogP contribution < -0.4 is 5.32 Å². The van der Waals surface area contributed by atoms with E-state index < -0.39 is 5.97 Å². The molecule has 0 heterocycles. The van der Waals surface area contributed by atoms with E-state index in [1.165, 1.54) is 4.90 Å². The third kappa shape index (κ3) is 7.11. The van der Waals surface area contributed by atoms with Crippen LogP contribution >= 0.6 is 0 Å². The number of hydrogen-bond donors (Lipinski definition) is 2. The fraction of sp³-hybridized carbons (Fsp3) is 0.833. The predicted octanol–water partition coefficient (Wildman–Crippen LogP) is 0.834. The van der Waals surface area contributed by atoms with Crippen LogP contribution in [-0.2, 0) is 4.79 Å². The first-order chi connectivity index (χ1) is 8.54. The molecule has 2 amide bonds. The van der Waals surface area contributed by atoms with Crippen LogP contribution in [-0.4, -0.2) is 66.2 Å². The maximum Gasteiger partial charge on any atom is 0.323 e. The molecule has 0 unspecified atom stereocenters. The van der Waals surface area contributed by atoms with Crippen molar-refractivity contribution in [3.63, 3.8) is 0 Å². The second kappa shape index (κ2) is 9.70. The highest BCUT2D eigenvalue weighted by Crippen LogP contribution is 1.93. The summed E-state index contributed by atoms with van der Waals surface area (Å²) in [7, 11) is 0. The topological polar surface area (TPSA) is 72.9 Å². The number of amides is 2. The van der Waals surface area contributed by atoms with Crippen molar-refractivity contribution in [3.05, 3.63) is 0 Å². The minimum absolute atomic E-state index is 0.245. The van der Waals surface area contributed by atoms with E-state index in [1.54, 1.807) is 0 Å².